The summed E-state index contributed by atoms with van der Waals surface area (Å²) in [4.78, 5) is 14.2. The van der Waals surface area contributed by atoms with Crippen LogP contribution in [0, 0.1) is 13.8 Å². The molecule has 4 rings (SSSR count). The summed E-state index contributed by atoms with van der Waals surface area (Å²) in [5.74, 6) is -1.15. The van der Waals surface area contributed by atoms with Crippen molar-refractivity contribution in [1.82, 2.24) is 0 Å². The fourth-order valence-electron chi connectivity index (χ4n) is 3.97. The van der Waals surface area contributed by atoms with E-state index in [1.54, 1.807) is 42.5 Å². The maximum absolute atomic E-state index is 13.8. The van der Waals surface area contributed by atoms with Crippen molar-refractivity contribution in [2.75, 3.05) is 11.5 Å². The van der Waals surface area contributed by atoms with Crippen molar-refractivity contribution in [2.45, 2.75) is 24.8 Å². The zero-order valence-corrected chi connectivity index (χ0v) is 20.8. The van der Waals surface area contributed by atoms with Gasteiger partial charge in [-0.3, -0.25) is 9.69 Å². The molecular weight excluding hydrogens is 486 g/mol. The van der Waals surface area contributed by atoms with Crippen LogP contribution >= 0.6 is 11.6 Å². The smallest absolute Gasteiger partial charge is 0.295 e. The lowest BCUT2D eigenvalue weighted by Crippen LogP contribution is -2.31. The first kappa shape index (κ1) is 24.6. The van der Waals surface area contributed by atoms with Crippen LogP contribution in [0.5, 0.6) is 5.75 Å². The number of aliphatic hydroxyl groups is 1. The van der Waals surface area contributed by atoms with E-state index in [4.69, 9.17) is 16.3 Å². The Balaban J connectivity index is 1.93. The summed E-state index contributed by atoms with van der Waals surface area (Å²) in [5, 5.41) is 11.3. The molecule has 180 valence electrons. The molecule has 0 spiro atoms. The number of ether oxygens (including phenoxy) is 1. The van der Waals surface area contributed by atoms with Gasteiger partial charge in [0.05, 0.1) is 4.90 Å². The minimum atomic E-state index is -4.27. The lowest BCUT2D eigenvalue weighted by Gasteiger charge is -2.28. The van der Waals surface area contributed by atoms with E-state index in [9.17, 15) is 18.3 Å². The number of anilines is 1. The quantitative estimate of drug-likeness (QED) is 0.404. The van der Waals surface area contributed by atoms with Gasteiger partial charge in [-0.1, -0.05) is 42.5 Å². The van der Waals surface area contributed by atoms with E-state index in [2.05, 4.69) is 6.58 Å². The van der Waals surface area contributed by atoms with Gasteiger partial charge >= 0.3 is 0 Å². The minimum absolute atomic E-state index is 0.0813. The van der Waals surface area contributed by atoms with E-state index >= 15 is 0 Å². The van der Waals surface area contributed by atoms with Gasteiger partial charge < -0.3 is 9.84 Å². The molecule has 0 aliphatic carbocycles. The molecule has 1 amide bonds. The van der Waals surface area contributed by atoms with Crippen LogP contribution in [0.1, 0.15) is 22.7 Å². The van der Waals surface area contributed by atoms with Gasteiger partial charge in [-0.15, -0.1) is 0 Å². The van der Waals surface area contributed by atoms with E-state index < -0.39 is 32.5 Å². The normalized spacial score (nSPS) is 16.0. The predicted octanol–water partition coefficient (Wildman–Crippen LogP) is 5.85. The van der Waals surface area contributed by atoms with Gasteiger partial charge in [-0.25, -0.2) is 8.42 Å². The lowest BCUT2D eigenvalue weighted by molar-refractivity contribution is -0.117. The Kier molecular flexibility index (Phi) is 6.74. The molecule has 0 bridgehead atoms. The van der Waals surface area contributed by atoms with Crippen molar-refractivity contribution in [2.24, 2.45) is 0 Å². The Morgan fingerprint density at radius 3 is 2.43 bits per heavy atom. The average Bonchev–Trinajstić information content (AvgIpc) is 3.11. The Bertz CT molecular complexity index is 1440. The van der Waals surface area contributed by atoms with Crippen molar-refractivity contribution in [3.8, 4) is 5.75 Å². The molecule has 0 fully saturated rings. The van der Waals surface area contributed by atoms with Gasteiger partial charge in [-0.2, -0.15) is 0 Å². The maximum atomic E-state index is 13.8. The average molecular weight is 510 g/mol. The van der Waals surface area contributed by atoms with Crippen molar-refractivity contribution < 1.29 is 23.1 Å². The van der Waals surface area contributed by atoms with Crippen LogP contribution in [-0.2, 0) is 14.6 Å². The second-order valence-electron chi connectivity index (χ2n) is 8.19. The van der Waals surface area contributed by atoms with Crippen LogP contribution in [0.4, 0.5) is 5.69 Å². The summed E-state index contributed by atoms with van der Waals surface area (Å²) in [6.45, 7) is 7.73. The van der Waals surface area contributed by atoms with Crippen LogP contribution in [-0.4, -0.2) is 26.0 Å². The molecule has 0 radical (unpaired) electrons. The van der Waals surface area contributed by atoms with Gasteiger partial charge in [0.25, 0.3) is 5.91 Å². The minimum Gasteiger partial charge on any atom is -0.502 e. The lowest BCUT2D eigenvalue weighted by atomic mass is 10.0. The van der Waals surface area contributed by atoms with E-state index in [0.29, 0.717) is 22.0 Å². The molecule has 1 aliphatic heterocycles. The van der Waals surface area contributed by atoms with Crippen LogP contribution in [0.2, 0.25) is 5.02 Å². The molecule has 6 nitrogen and oxygen atoms in total. The molecule has 0 saturated carbocycles. The fourth-order valence-corrected chi connectivity index (χ4v) is 5.72. The number of halogens is 1. The first-order chi connectivity index (χ1) is 16.6. The first-order valence-corrected chi connectivity index (χ1v) is 12.7. The van der Waals surface area contributed by atoms with Gasteiger partial charge in [-0.05, 0) is 79.1 Å². The third-order valence-electron chi connectivity index (χ3n) is 5.89. The van der Waals surface area contributed by atoms with E-state index in [-0.39, 0.29) is 11.5 Å². The molecule has 8 heteroatoms. The number of carbonyl (C=O) groups excluding carboxylic acids is 1. The van der Waals surface area contributed by atoms with Gasteiger partial charge in [0.15, 0.2) is 5.76 Å². The molecule has 3 aromatic carbocycles. The number of aryl methyl sites for hydroxylation is 2. The highest BCUT2D eigenvalue weighted by molar-refractivity contribution is 7.95. The largest absolute Gasteiger partial charge is 0.502 e. The maximum Gasteiger partial charge on any atom is 0.295 e. The third-order valence-corrected chi connectivity index (χ3v) is 8.03. The summed E-state index contributed by atoms with van der Waals surface area (Å²) in [7, 11) is -4.27. The number of sulfone groups is 1. The molecule has 0 aromatic heterocycles. The predicted molar refractivity (Wildman–Crippen MR) is 137 cm³/mol. The van der Waals surface area contributed by atoms with E-state index in [1.807, 2.05) is 19.9 Å². The Morgan fingerprint density at radius 2 is 1.77 bits per heavy atom. The number of amides is 1. The molecule has 0 saturated heterocycles. The van der Waals surface area contributed by atoms with Crippen LogP contribution in [0.3, 0.4) is 0 Å². The van der Waals surface area contributed by atoms with Crippen LogP contribution in [0.15, 0.2) is 94.9 Å². The number of benzene rings is 3. The molecule has 3 aromatic rings. The number of hydrogen-bond acceptors (Lipinski definition) is 5. The first-order valence-electron chi connectivity index (χ1n) is 10.8. The zero-order chi connectivity index (χ0) is 25.3. The Morgan fingerprint density at radius 1 is 1.06 bits per heavy atom. The molecule has 0 unspecified atom stereocenters. The number of rotatable bonds is 7. The van der Waals surface area contributed by atoms with Crippen molar-refractivity contribution in [3.05, 3.63) is 112 Å². The molecule has 1 heterocycles. The van der Waals surface area contributed by atoms with Gasteiger partial charge in [0, 0.05) is 10.7 Å². The van der Waals surface area contributed by atoms with Crippen molar-refractivity contribution in [3.63, 3.8) is 0 Å². The fraction of sp³-hybridized carbons (Fsp3) is 0.148. The molecular formula is C27H24ClNO5S. The van der Waals surface area contributed by atoms with E-state index in [0.717, 1.165) is 11.1 Å². The number of carbonyl (C=O) groups is 1. The SMILES string of the molecule is C=CCOc1cccc([C@H]2C(S(=O)(=O)c3ccc(Cl)cc3)=C(O)C(=O)N2c2ccc(C)c(C)c2)c1. The molecule has 35 heavy (non-hydrogen) atoms. The summed E-state index contributed by atoms with van der Waals surface area (Å²) in [5.41, 5.74) is 2.87. The second-order valence-corrected chi connectivity index (χ2v) is 10.5. The highest BCUT2D eigenvalue weighted by Crippen LogP contribution is 2.45. The topological polar surface area (TPSA) is 83.9 Å². The Labute approximate surface area is 209 Å². The number of aliphatic hydroxyl groups excluding tert-OH is 1. The van der Waals surface area contributed by atoms with Gasteiger partial charge in [0.1, 0.15) is 23.3 Å². The Hall–Kier alpha value is -3.55. The molecule has 1 aliphatic rings. The van der Waals surface area contributed by atoms with Crippen LogP contribution in [0.25, 0.3) is 0 Å². The van der Waals surface area contributed by atoms with Crippen molar-refractivity contribution in [1.29, 1.82) is 0 Å². The van der Waals surface area contributed by atoms with Crippen molar-refractivity contribution >= 4 is 33.0 Å². The molecule has 1 atom stereocenters. The summed E-state index contributed by atoms with van der Waals surface area (Å²) >= 11 is 5.95. The molecule has 1 N–H and O–H groups in total. The second kappa shape index (κ2) is 9.60. The highest BCUT2D eigenvalue weighted by atomic mass is 35.5. The van der Waals surface area contributed by atoms with Crippen LogP contribution < -0.4 is 9.64 Å². The zero-order valence-electron chi connectivity index (χ0n) is 19.2. The third kappa shape index (κ3) is 4.57. The summed E-state index contributed by atoms with van der Waals surface area (Å²) < 4.78 is 33.2. The summed E-state index contributed by atoms with van der Waals surface area (Å²) in [6, 6.07) is 16.6. The number of hydrogen-bond donors (Lipinski definition) is 1. The van der Waals surface area contributed by atoms with E-state index in [1.165, 1.54) is 29.2 Å². The standard InChI is InChI=1S/C27H24ClNO5S/c1-4-14-34-22-7-5-6-19(16-22)24-26(35(32,33)23-12-9-20(28)10-13-23)25(30)27(31)29(24)21-11-8-17(2)18(3)15-21/h4-13,15-16,24,30H,1,14H2,2-3H3/t24-/m0/s1. The monoisotopic (exact) mass is 509 g/mol. The number of nitrogens with zero attached hydrogens (tertiary/aromatic N) is 1. The summed E-state index contributed by atoms with van der Waals surface area (Å²) in [6.07, 6.45) is 1.59. The highest BCUT2D eigenvalue weighted by Gasteiger charge is 2.47. The van der Waals surface area contributed by atoms with Gasteiger partial charge in [0.2, 0.25) is 9.84 Å².